The van der Waals surface area contributed by atoms with E-state index in [-0.39, 0.29) is 24.9 Å². The van der Waals surface area contributed by atoms with Crippen molar-refractivity contribution in [1.82, 2.24) is 5.32 Å². The number of carbonyl (C=O) groups excluding carboxylic acids is 1. The van der Waals surface area contributed by atoms with E-state index in [9.17, 15) is 17.6 Å². The second-order valence-electron chi connectivity index (χ2n) is 5.53. The molecule has 0 unspecified atom stereocenters. The van der Waals surface area contributed by atoms with Crippen LogP contribution in [-0.2, 0) is 10.0 Å². The number of carbonyl (C=O) groups is 1. The van der Waals surface area contributed by atoms with E-state index >= 15 is 0 Å². The van der Waals surface area contributed by atoms with Crippen molar-refractivity contribution in [2.24, 2.45) is 0 Å². The van der Waals surface area contributed by atoms with Crippen LogP contribution in [-0.4, -0.2) is 40.3 Å². The number of anilines is 1. The Labute approximate surface area is 152 Å². The van der Waals surface area contributed by atoms with Gasteiger partial charge in [0, 0.05) is 12.1 Å². The molecule has 0 aliphatic carbocycles. The van der Waals surface area contributed by atoms with Crippen LogP contribution in [0.15, 0.2) is 48.5 Å². The SMILES string of the molecule is CCN(c1ccc(C(=O)NCCOc2ccc(F)cc2)cc1)S(C)(=O)=O. The fraction of sp³-hybridized carbons (Fsp3) is 0.278. The van der Waals surface area contributed by atoms with Crippen molar-refractivity contribution >= 4 is 21.6 Å². The van der Waals surface area contributed by atoms with Gasteiger partial charge in [-0.15, -0.1) is 0 Å². The highest BCUT2D eigenvalue weighted by molar-refractivity contribution is 7.92. The molecule has 1 N–H and O–H groups in total. The molecule has 0 aliphatic heterocycles. The monoisotopic (exact) mass is 380 g/mol. The maximum absolute atomic E-state index is 12.8. The molecule has 1 amide bonds. The number of ether oxygens (including phenoxy) is 1. The summed E-state index contributed by atoms with van der Waals surface area (Å²) in [4.78, 5) is 12.1. The Hall–Kier alpha value is -2.61. The molecule has 0 bridgehead atoms. The Balaban J connectivity index is 1.86. The lowest BCUT2D eigenvalue weighted by molar-refractivity contribution is 0.0947. The zero-order valence-electron chi connectivity index (χ0n) is 14.6. The molecule has 26 heavy (non-hydrogen) atoms. The minimum absolute atomic E-state index is 0.243. The quantitative estimate of drug-likeness (QED) is 0.714. The highest BCUT2D eigenvalue weighted by Gasteiger charge is 2.15. The molecule has 0 saturated carbocycles. The van der Waals surface area contributed by atoms with Gasteiger partial charge >= 0.3 is 0 Å². The number of nitrogens with zero attached hydrogens (tertiary/aromatic N) is 1. The molecule has 0 spiro atoms. The summed E-state index contributed by atoms with van der Waals surface area (Å²) in [6.45, 7) is 2.57. The zero-order chi connectivity index (χ0) is 19.2. The van der Waals surface area contributed by atoms with Crippen molar-refractivity contribution in [3.05, 3.63) is 59.9 Å². The topological polar surface area (TPSA) is 75.7 Å². The molecule has 0 aromatic heterocycles. The van der Waals surface area contributed by atoms with Gasteiger partial charge in [0.05, 0.1) is 18.5 Å². The first kappa shape index (κ1) is 19.7. The van der Waals surface area contributed by atoms with Crippen molar-refractivity contribution in [3.8, 4) is 5.75 Å². The van der Waals surface area contributed by atoms with Gasteiger partial charge in [-0.3, -0.25) is 9.10 Å². The molecule has 0 heterocycles. The summed E-state index contributed by atoms with van der Waals surface area (Å²) < 4.78 is 42.8. The molecular formula is C18H21FN2O4S. The Kier molecular flexibility index (Phi) is 6.57. The lowest BCUT2D eigenvalue weighted by Crippen LogP contribution is -2.30. The lowest BCUT2D eigenvalue weighted by Gasteiger charge is -2.20. The maximum atomic E-state index is 12.8. The molecule has 0 fully saturated rings. The first-order chi connectivity index (χ1) is 12.3. The third-order valence-electron chi connectivity index (χ3n) is 3.58. The minimum Gasteiger partial charge on any atom is -0.492 e. The Morgan fingerprint density at radius 3 is 2.27 bits per heavy atom. The zero-order valence-corrected chi connectivity index (χ0v) is 15.4. The summed E-state index contributed by atoms with van der Waals surface area (Å²) in [6, 6.07) is 11.9. The number of rotatable bonds is 8. The van der Waals surface area contributed by atoms with E-state index in [0.717, 1.165) is 6.26 Å². The first-order valence-electron chi connectivity index (χ1n) is 8.05. The highest BCUT2D eigenvalue weighted by Crippen LogP contribution is 2.18. The summed E-state index contributed by atoms with van der Waals surface area (Å²) in [5.74, 6) is -0.112. The van der Waals surface area contributed by atoms with Gasteiger partial charge in [-0.05, 0) is 55.5 Å². The molecule has 2 aromatic carbocycles. The first-order valence-corrected chi connectivity index (χ1v) is 9.90. The van der Waals surface area contributed by atoms with Crippen LogP contribution in [0.2, 0.25) is 0 Å². The number of sulfonamides is 1. The van der Waals surface area contributed by atoms with Crippen LogP contribution in [0.25, 0.3) is 0 Å². The molecule has 0 saturated heterocycles. The summed E-state index contributed by atoms with van der Waals surface area (Å²) in [5.41, 5.74) is 0.922. The average Bonchev–Trinajstić information content (AvgIpc) is 2.60. The summed E-state index contributed by atoms with van der Waals surface area (Å²) in [5, 5.41) is 2.70. The second kappa shape index (κ2) is 8.66. The molecule has 2 aromatic rings. The molecule has 6 nitrogen and oxygen atoms in total. The molecule has 140 valence electrons. The Morgan fingerprint density at radius 1 is 1.12 bits per heavy atom. The fourth-order valence-corrected chi connectivity index (χ4v) is 3.33. The van der Waals surface area contributed by atoms with Crippen LogP contribution in [0.4, 0.5) is 10.1 Å². The molecule has 2 rings (SSSR count). The van der Waals surface area contributed by atoms with E-state index in [1.54, 1.807) is 31.2 Å². The molecular weight excluding hydrogens is 359 g/mol. The standard InChI is InChI=1S/C18H21FN2O4S/c1-3-21(26(2,23)24)16-8-4-14(5-9-16)18(22)20-12-13-25-17-10-6-15(19)7-11-17/h4-11H,3,12-13H2,1-2H3,(H,20,22). The predicted octanol–water partition coefficient (Wildman–Crippen LogP) is 2.42. The van der Waals surface area contributed by atoms with Crippen LogP contribution in [0.5, 0.6) is 5.75 Å². The van der Waals surface area contributed by atoms with Gasteiger partial charge in [0.15, 0.2) is 0 Å². The van der Waals surface area contributed by atoms with E-state index in [2.05, 4.69) is 5.32 Å². The Morgan fingerprint density at radius 2 is 1.73 bits per heavy atom. The van der Waals surface area contributed by atoms with Crippen LogP contribution in [0.3, 0.4) is 0 Å². The predicted molar refractivity (Wildman–Crippen MR) is 98.5 cm³/mol. The number of hydrogen-bond acceptors (Lipinski definition) is 4. The van der Waals surface area contributed by atoms with Gasteiger partial charge in [-0.1, -0.05) is 0 Å². The normalized spacial score (nSPS) is 11.0. The minimum atomic E-state index is -3.36. The summed E-state index contributed by atoms with van der Waals surface area (Å²) >= 11 is 0. The molecule has 0 aliphatic rings. The largest absolute Gasteiger partial charge is 0.492 e. The number of halogens is 1. The summed E-state index contributed by atoms with van der Waals surface area (Å²) in [7, 11) is -3.36. The highest BCUT2D eigenvalue weighted by atomic mass is 32.2. The smallest absolute Gasteiger partial charge is 0.251 e. The van der Waals surface area contributed by atoms with Crippen LogP contribution >= 0.6 is 0 Å². The van der Waals surface area contributed by atoms with E-state index in [4.69, 9.17) is 4.74 Å². The van der Waals surface area contributed by atoms with E-state index < -0.39 is 10.0 Å². The van der Waals surface area contributed by atoms with Crippen LogP contribution < -0.4 is 14.4 Å². The van der Waals surface area contributed by atoms with E-state index in [1.165, 1.54) is 28.6 Å². The fourth-order valence-electron chi connectivity index (χ4n) is 2.35. The van der Waals surface area contributed by atoms with E-state index in [0.29, 0.717) is 23.5 Å². The van der Waals surface area contributed by atoms with Crippen LogP contribution in [0, 0.1) is 5.82 Å². The van der Waals surface area contributed by atoms with Crippen LogP contribution in [0.1, 0.15) is 17.3 Å². The third kappa shape index (κ3) is 5.45. The van der Waals surface area contributed by atoms with Crippen molar-refractivity contribution in [3.63, 3.8) is 0 Å². The number of hydrogen-bond donors (Lipinski definition) is 1. The Bertz CT molecular complexity index is 836. The van der Waals surface area contributed by atoms with Crippen molar-refractivity contribution in [2.45, 2.75) is 6.92 Å². The number of amides is 1. The molecule has 0 atom stereocenters. The average molecular weight is 380 g/mol. The maximum Gasteiger partial charge on any atom is 0.251 e. The van der Waals surface area contributed by atoms with Crippen molar-refractivity contribution < 1.29 is 22.3 Å². The number of nitrogens with one attached hydrogen (secondary N) is 1. The number of benzene rings is 2. The molecule has 8 heteroatoms. The van der Waals surface area contributed by atoms with Gasteiger partial charge < -0.3 is 10.1 Å². The van der Waals surface area contributed by atoms with Crippen molar-refractivity contribution in [2.75, 3.05) is 30.3 Å². The molecule has 0 radical (unpaired) electrons. The summed E-state index contributed by atoms with van der Waals surface area (Å²) in [6.07, 6.45) is 1.14. The van der Waals surface area contributed by atoms with Gasteiger partial charge in [0.2, 0.25) is 10.0 Å². The van der Waals surface area contributed by atoms with Gasteiger partial charge in [0.25, 0.3) is 5.91 Å². The third-order valence-corrected chi connectivity index (χ3v) is 4.84. The van der Waals surface area contributed by atoms with Gasteiger partial charge in [0.1, 0.15) is 18.2 Å². The van der Waals surface area contributed by atoms with Gasteiger partial charge in [-0.25, -0.2) is 12.8 Å². The second-order valence-corrected chi connectivity index (χ2v) is 7.44. The van der Waals surface area contributed by atoms with E-state index in [1.807, 2.05) is 0 Å². The lowest BCUT2D eigenvalue weighted by atomic mass is 10.2. The van der Waals surface area contributed by atoms with Gasteiger partial charge in [-0.2, -0.15) is 0 Å². The van der Waals surface area contributed by atoms with Crippen molar-refractivity contribution in [1.29, 1.82) is 0 Å².